The van der Waals surface area contributed by atoms with Crippen LogP contribution in [0.25, 0.3) is 11.4 Å². The van der Waals surface area contributed by atoms with Gasteiger partial charge < -0.3 is 15.1 Å². The van der Waals surface area contributed by atoms with Gasteiger partial charge in [0.05, 0.1) is 12.2 Å². The molecule has 1 aliphatic rings. The average Bonchev–Trinajstić information content (AvgIpc) is 3.39. The summed E-state index contributed by atoms with van der Waals surface area (Å²) in [4.78, 5) is 17.1. The smallest absolute Gasteiger partial charge is 0.303 e. The quantitative estimate of drug-likeness (QED) is 0.316. The summed E-state index contributed by atoms with van der Waals surface area (Å²) < 4.78 is 0. The Hall–Kier alpha value is -4.24. The van der Waals surface area contributed by atoms with E-state index in [0.717, 1.165) is 48.6 Å². The summed E-state index contributed by atoms with van der Waals surface area (Å²) in [6.45, 7) is 6.18. The Balaban J connectivity index is 1.34. The van der Waals surface area contributed by atoms with E-state index in [-0.39, 0.29) is 18.2 Å². The molecule has 2 N–H and O–H groups in total. The molecular formula is C30H34N6O3. The first-order valence-corrected chi connectivity index (χ1v) is 13.4. The fraction of sp³-hybridized carbons (Fsp3) is 0.333. The first kappa shape index (κ1) is 26.4. The number of carboxylic acids is 1. The summed E-state index contributed by atoms with van der Waals surface area (Å²) in [5, 5.41) is 32.8. The van der Waals surface area contributed by atoms with Gasteiger partial charge in [-0.05, 0) is 41.3 Å². The number of aromatic hydroxyl groups is 1. The maximum atomic E-state index is 11.0. The van der Waals surface area contributed by atoms with Crippen LogP contribution in [-0.4, -0.2) is 67.0 Å². The second kappa shape index (κ2) is 12.1. The molecule has 1 aliphatic heterocycles. The third-order valence-electron chi connectivity index (χ3n) is 7.19. The number of hydrogen-bond acceptors (Lipinski definition) is 7. The Morgan fingerprint density at radius 2 is 1.74 bits per heavy atom. The molecule has 39 heavy (non-hydrogen) atoms. The van der Waals surface area contributed by atoms with Gasteiger partial charge in [0.1, 0.15) is 5.75 Å². The lowest BCUT2D eigenvalue weighted by Gasteiger charge is -2.42. The number of aliphatic carboxylic acids is 1. The van der Waals surface area contributed by atoms with Gasteiger partial charge in [0.25, 0.3) is 0 Å². The van der Waals surface area contributed by atoms with E-state index in [2.05, 4.69) is 68.5 Å². The topological polar surface area (TPSA) is 108 Å². The van der Waals surface area contributed by atoms with Crippen LogP contribution in [0.3, 0.4) is 0 Å². The maximum absolute atomic E-state index is 11.0. The molecule has 1 fully saturated rings. The standard InChI is InChI=1S/C30H34N6O3/c1-22-20-34(21-23-9-3-2-4-10-23)17-18-35(22)29-25(12-7-14-27(29)37)19-24-11-5-6-13-26(24)30-31-33-36(32-30)16-8-15-28(38)39/h2-7,9-14,22,37H,8,15-21H2,1H3,(H,38,39)/t22-/m0/s1. The van der Waals surface area contributed by atoms with Crippen molar-refractivity contribution in [2.24, 2.45) is 0 Å². The molecule has 3 aromatic carbocycles. The summed E-state index contributed by atoms with van der Waals surface area (Å²) in [6, 6.07) is 24.5. The molecule has 0 amide bonds. The van der Waals surface area contributed by atoms with Crippen LogP contribution in [0.4, 0.5) is 5.69 Å². The van der Waals surface area contributed by atoms with Crippen molar-refractivity contribution in [2.45, 2.75) is 45.3 Å². The van der Waals surface area contributed by atoms with Crippen molar-refractivity contribution in [3.63, 3.8) is 0 Å². The highest BCUT2D eigenvalue weighted by Gasteiger charge is 2.27. The van der Waals surface area contributed by atoms with E-state index >= 15 is 0 Å². The Bertz CT molecular complexity index is 1410. The number of phenols is 1. The predicted molar refractivity (Wildman–Crippen MR) is 150 cm³/mol. The van der Waals surface area contributed by atoms with Gasteiger partial charge >= 0.3 is 5.97 Å². The average molecular weight is 527 g/mol. The van der Waals surface area contributed by atoms with Crippen LogP contribution >= 0.6 is 0 Å². The molecule has 0 aliphatic carbocycles. The fourth-order valence-electron chi connectivity index (χ4n) is 5.32. The van der Waals surface area contributed by atoms with E-state index in [9.17, 15) is 9.90 Å². The Morgan fingerprint density at radius 1 is 0.974 bits per heavy atom. The van der Waals surface area contributed by atoms with Gasteiger partial charge in [-0.1, -0.05) is 66.7 Å². The monoisotopic (exact) mass is 526 g/mol. The SMILES string of the molecule is C[C@H]1CN(Cc2ccccc2)CCN1c1c(O)cccc1Cc1ccccc1-c1nnn(CCCC(=O)O)n1. The summed E-state index contributed by atoms with van der Waals surface area (Å²) in [5.41, 5.74) is 5.14. The van der Waals surface area contributed by atoms with Crippen LogP contribution in [-0.2, 0) is 24.3 Å². The summed E-state index contributed by atoms with van der Waals surface area (Å²) in [7, 11) is 0. The number of phenolic OH excluding ortho intramolecular Hbond substituents is 1. The molecule has 4 aromatic rings. The molecule has 1 saturated heterocycles. The lowest BCUT2D eigenvalue weighted by atomic mass is 9.96. The molecule has 0 unspecified atom stereocenters. The minimum Gasteiger partial charge on any atom is -0.506 e. The second-order valence-electron chi connectivity index (χ2n) is 10.1. The molecule has 2 heterocycles. The van der Waals surface area contributed by atoms with Crippen molar-refractivity contribution >= 4 is 11.7 Å². The van der Waals surface area contributed by atoms with Gasteiger partial charge in [-0.2, -0.15) is 4.80 Å². The maximum Gasteiger partial charge on any atom is 0.303 e. The zero-order chi connectivity index (χ0) is 27.2. The predicted octanol–water partition coefficient (Wildman–Crippen LogP) is 4.21. The molecule has 0 saturated carbocycles. The lowest BCUT2D eigenvalue weighted by molar-refractivity contribution is -0.137. The number of aromatic nitrogens is 4. The molecule has 0 bridgehead atoms. The number of carbonyl (C=O) groups is 1. The Morgan fingerprint density at radius 3 is 2.54 bits per heavy atom. The zero-order valence-corrected chi connectivity index (χ0v) is 22.1. The Labute approximate surface area is 228 Å². The van der Waals surface area contributed by atoms with Gasteiger partial charge in [-0.15, -0.1) is 10.2 Å². The van der Waals surface area contributed by atoms with Crippen molar-refractivity contribution in [1.82, 2.24) is 25.1 Å². The minimum absolute atomic E-state index is 0.0622. The molecule has 0 radical (unpaired) electrons. The van der Waals surface area contributed by atoms with Crippen molar-refractivity contribution in [2.75, 3.05) is 24.5 Å². The van der Waals surface area contributed by atoms with Gasteiger partial charge in [0.2, 0.25) is 5.82 Å². The largest absolute Gasteiger partial charge is 0.506 e. The summed E-state index contributed by atoms with van der Waals surface area (Å²) in [5.74, 6) is -0.0455. The van der Waals surface area contributed by atoms with E-state index in [0.29, 0.717) is 25.2 Å². The zero-order valence-electron chi connectivity index (χ0n) is 22.1. The van der Waals surface area contributed by atoms with Gasteiger partial charge in [0, 0.05) is 50.6 Å². The van der Waals surface area contributed by atoms with Gasteiger partial charge in [-0.25, -0.2) is 0 Å². The van der Waals surface area contributed by atoms with E-state index in [1.165, 1.54) is 10.4 Å². The molecular weight excluding hydrogens is 492 g/mol. The third-order valence-corrected chi connectivity index (χ3v) is 7.19. The number of carboxylic acid groups (broad SMARTS) is 1. The van der Waals surface area contributed by atoms with Crippen molar-refractivity contribution in [1.29, 1.82) is 0 Å². The molecule has 5 rings (SSSR count). The number of hydrogen-bond donors (Lipinski definition) is 2. The highest BCUT2D eigenvalue weighted by molar-refractivity contribution is 5.68. The van der Waals surface area contributed by atoms with Crippen molar-refractivity contribution in [3.05, 3.63) is 89.5 Å². The fourth-order valence-corrected chi connectivity index (χ4v) is 5.32. The molecule has 9 nitrogen and oxygen atoms in total. The first-order chi connectivity index (χ1) is 19.0. The number of aryl methyl sites for hydroxylation is 1. The number of para-hydroxylation sites is 1. The molecule has 1 aromatic heterocycles. The van der Waals surface area contributed by atoms with E-state index < -0.39 is 5.97 Å². The van der Waals surface area contributed by atoms with Crippen LogP contribution in [0.1, 0.15) is 36.5 Å². The van der Waals surface area contributed by atoms with E-state index in [1.54, 1.807) is 6.07 Å². The van der Waals surface area contributed by atoms with Crippen LogP contribution in [0, 0.1) is 0 Å². The van der Waals surface area contributed by atoms with E-state index in [1.807, 2.05) is 30.3 Å². The number of benzene rings is 3. The number of rotatable bonds is 10. The first-order valence-electron chi connectivity index (χ1n) is 13.4. The van der Waals surface area contributed by atoms with Crippen molar-refractivity contribution in [3.8, 4) is 17.1 Å². The number of anilines is 1. The minimum atomic E-state index is -0.838. The molecule has 0 spiro atoms. The van der Waals surface area contributed by atoms with Crippen LogP contribution < -0.4 is 4.90 Å². The van der Waals surface area contributed by atoms with Crippen molar-refractivity contribution < 1.29 is 15.0 Å². The van der Waals surface area contributed by atoms with Crippen LogP contribution in [0.5, 0.6) is 5.75 Å². The van der Waals surface area contributed by atoms with Gasteiger partial charge in [0.15, 0.2) is 0 Å². The second-order valence-corrected chi connectivity index (χ2v) is 10.1. The molecule has 9 heteroatoms. The third kappa shape index (κ3) is 6.43. The Kier molecular flexibility index (Phi) is 8.17. The molecule has 202 valence electrons. The summed E-state index contributed by atoms with van der Waals surface area (Å²) in [6.07, 6.45) is 1.10. The lowest BCUT2D eigenvalue weighted by Crippen LogP contribution is -2.51. The van der Waals surface area contributed by atoms with E-state index in [4.69, 9.17) is 5.11 Å². The normalized spacial score (nSPS) is 15.9. The molecule has 1 atom stereocenters. The number of piperazine rings is 1. The van der Waals surface area contributed by atoms with Crippen LogP contribution in [0.15, 0.2) is 72.8 Å². The summed E-state index contributed by atoms with van der Waals surface area (Å²) >= 11 is 0. The number of tetrazole rings is 1. The number of nitrogens with zero attached hydrogens (tertiary/aromatic N) is 6. The highest BCUT2D eigenvalue weighted by Crippen LogP contribution is 2.36. The highest BCUT2D eigenvalue weighted by atomic mass is 16.4. The van der Waals surface area contributed by atoms with Gasteiger partial charge in [-0.3, -0.25) is 9.69 Å². The van der Waals surface area contributed by atoms with Crippen LogP contribution in [0.2, 0.25) is 0 Å².